The molecule has 4 rings (SSSR count). The van der Waals surface area contributed by atoms with Crippen molar-refractivity contribution in [3.8, 4) is 5.75 Å². The van der Waals surface area contributed by atoms with Gasteiger partial charge in [-0.25, -0.2) is 4.98 Å². The highest BCUT2D eigenvalue weighted by Gasteiger charge is 2.23. The molecule has 2 aromatic heterocycles. The lowest BCUT2D eigenvalue weighted by atomic mass is 9.89. The maximum atomic E-state index is 13.0. The van der Waals surface area contributed by atoms with Gasteiger partial charge in [-0.3, -0.25) is 14.2 Å². The molecule has 0 spiro atoms. The molecule has 1 aliphatic carbocycles. The number of carbonyl (C=O) groups is 1. The molecule has 0 fully saturated rings. The molecule has 1 unspecified atom stereocenters. The second-order valence-electron chi connectivity index (χ2n) is 7.82. The molecule has 1 aromatic carbocycles. The Balaban J connectivity index is 1.60. The Kier molecular flexibility index (Phi) is 5.06. The highest BCUT2D eigenvalue weighted by Crippen LogP contribution is 2.35. The Morgan fingerprint density at radius 3 is 2.79 bits per heavy atom. The number of rotatable bonds is 5. The normalized spacial score (nSPS) is 16.4. The van der Waals surface area contributed by atoms with Gasteiger partial charge >= 0.3 is 0 Å². The molecule has 0 N–H and O–H groups in total. The number of hydrogen-bond acceptors (Lipinski definition) is 5. The summed E-state index contributed by atoms with van der Waals surface area (Å²) in [5.74, 6) is 1.26. The molecule has 0 aliphatic heterocycles. The van der Waals surface area contributed by atoms with Gasteiger partial charge in [0.1, 0.15) is 10.6 Å². The first-order valence-corrected chi connectivity index (χ1v) is 10.5. The number of carbonyl (C=O) groups excluding carboxylic acids is 1. The van der Waals surface area contributed by atoms with Crippen LogP contribution in [0.5, 0.6) is 5.75 Å². The van der Waals surface area contributed by atoms with Crippen LogP contribution in [0.15, 0.2) is 35.4 Å². The Hall–Kier alpha value is -2.47. The Morgan fingerprint density at radius 2 is 2.07 bits per heavy atom. The molecule has 0 amide bonds. The summed E-state index contributed by atoms with van der Waals surface area (Å²) in [6, 6.07) is 7.05. The number of nitrogens with zero attached hydrogens (tertiary/aromatic N) is 2. The minimum atomic E-state index is -0.114. The van der Waals surface area contributed by atoms with Crippen molar-refractivity contribution in [2.45, 2.75) is 52.7 Å². The highest BCUT2D eigenvalue weighted by atomic mass is 32.1. The zero-order valence-electron chi connectivity index (χ0n) is 16.4. The molecule has 0 saturated heterocycles. The number of ketones is 1. The largest absolute Gasteiger partial charge is 0.491 e. The van der Waals surface area contributed by atoms with E-state index < -0.39 is 0 Å². The zero-order valence-corrected chi connectivity index (χ0v) is 17.2. The van der Waals surface area contributed by atoms with Crippen LogP contribution in [0.1, 0.15) is 48.0 Å². The molecule has 6 heteroatoms. The van der Waals surface area contributed by atoms with E-state index >= 15 is 0 Å². The van der Waals surface area contributed by atoms with Crippen LogP contribution in [-0.2, 0) is 19.4 Å². The number of ether oxygens (including phenoxy) is 1. The molecule has 0 bridgehead atoms. The molecule has 2 heterocycles. The van der Waals surface area contributed by atoms with E-state index in [2.05, 4.69) is 11.9 Å². The van der Waals surface area contributed by atoms with Crippen molar-refractivity contribution in [1.82, 2.24) is 9.55 Å². The molecular formula is C22H24N2O3S. The van der Waals surface area contributed by atoms with Crippen LogP contribution in [0.25, 0.3) is 10.2 Å². The standard InChI is InChI=1S/C22H24N2O3S/c1-13(2)27-16-7-5-15(6-8-16)18(25)11-24-12-23-21-20(22(24)26)17-9-4-14(3)10-19(17)28-21/h5-8,12-14H,4,9-11H2,1-3H3. The lowest BCUT2D eigenvalue weighted by molar-refractivity contribution is 0.0970. The summed E-state index contributed by atoms with van der Waals surface area (Å²) in [4.78, 5) is 32.3. The van der Waals surface area contributed by atoms with Gasteiger partial charge in [-0.15, -0.1) is 11.3 Å². The lowest BCUT2D eigenvalue weighted by Crippen LogP contribution is -2.25. The Bertz CT molecular complexity index is 1080. The second kappa shape index (κ2) is 7.51. The molecule has 1 atom stereocenters. The molecule has 5 nitrogen and oxygen atoms in total. The van der Waals surface area contributed by atoms with Crippen LogP contribution in [0, 0.1) is 5.92 Å². The predicted molar refractivity (Wildman–Crippen MR) is 112 cm³/mol. The number of hydrogen-bond donors (Lipinski definition) is 0. The smallest absolute Gasteiger partial charge is 0.262 e. The summed E-state index contributed by atoms with van der Waals surface area (Å²) in [5, 5.41) is 0.711. The maximum absolute atomic E-state index is 13.0. The average Bonchev–Trinajstić information content (AvgIpc) is 3.02. The summed E-state index contributed by atoms with van der Waals surface area (Å²) >= 11 is 1.62. The van der Waals surface area contributed by atoms with Crippen LogP contribution in [0.3, 0.4) is 0 Å². The van der Waals surface area contributed by atoms with E-state index in [4.69, 9.17) is 4.74 Å². The number of aromatic nitrogens is 2. The third-order valence-electron chi connectivity index (χ3n) is 5.14. The fourth-order valence-corrected chi connectivity index (χ4v) is 5.06. The molecule has 1 aliphatic rings. The van der Waals surface area contributed by atoms with E-state index in [1.807, 2.05) is 13.8 Å². The number of Topliss-reactive ketones (excluding diaryl/α,β-unsaturated/α-hetero) is 1. The van der Waals surface area contributed by atoms with Gasteiger partial charge in [-0.1, -0.05) is 6.92 Å². The topological polar surface area (TPSA) is 61.2 Å². The van der Waals surface area contributed by atoms with Crippen molar-refractivity contribution >= 4 is 27.3 Å². The number of aryl methyl sites for hydroxylation is 1. The van der Waals surface area contributed by atoms with Gasteiger partial charge < -0.3 is 4.74 Å². The first-order chi connectivity index (χ1) is 13.4. The first-order valence-electron chi connectivity index (χ1n) is 9.72. The van der Waals surface area contributed by atoms with Gasteiger partial charge in [-0.05, 0) is 68.9 Å². The summed E-state index contributed by atoms with van der Waals surface area (Å²) in [7, 11) is 0. The Labute approximate surface area is 168 Å². The van der Waals surface area contributed by atoms with Crippen LogP contribution < -0.4 is 10.3 Å². The summed E-state index contributed by atoms with van der Waals surface area (Å²) in [6.45, 7) is 6.15. The van der Waals surface area contributed by atoms with Crippen molar-refractivity contribution in [3.63, 3.8) is 0 Å². The third kappa shape index (κ3) is 3.61. The van der Waals surface area contributed by atoms with Gasteiger partial charge in [0.25, 0.3) is 5.56 Å². The van der Waals surface area contributed by atoms with Crippen LogP contribution in [0.4, 0.5) is 0 Å². The van der Waals surface area contributed by atoms with Crippen LogP contribution in [0.2, 0.25) is 0 Å². The second-order valence-corrected chi connectivity index (χ2v) is 8.91. The van der Waals surface area contributed by atoms with E-state index in [1.54, 1.807) is 35.6 Å². The molecule has 28 heavy (non-hydrogen) atoms. The fourth-order valence-electron chi connectivity index (χ4n) is 3.72. The molecule has 3 aromatic rings. The highest BCUT2D eigenvalue weighted by molar-refractivity contribution is 7.18. The van der Waals surface area contributed by atoms with Crippen molar-refractivity contribution in [2.75, 3.05) is 0 Å². The first kappa shape index (κ1) is 18.9. The van der Waals surface area contributed by atoms with E-state index in [9.17, 15) is 9.59 Å². The van der Waals surface area contributed by atoms with E-state index in [1.165, 1.54) is 15.8 Å². The van der Waals surface area contributed by atoms with Gasteiger partial charge in [0.2, 0.25) is 0 Å². The Morgan fingerprint density at radius 1 is 1.32 bits per heavy atom. The quantitative estimate of drug-likeness (QED) is 0.605. The number of thiophene rings is 1. The maximum Gasteiger partial charge on any atom is 0.262 e. The van der Waals surface area contributed by atoms with Crippen molar-refractivity contribution < 1.29 is 9.53 Å². The average molecular weight is 397 g/mol. The molecule has 0 saturated carbocycles. The van der Waals surface area contributed by atoms with Gasteiger partial charge in [0.05, 0.1) is 24.4 Å². The van der Waals surface area contributed by atoms with Crippen molar-refractivity contribution in [3.05, 3.63) is 57.0 Å². The SMILES string of the molecule is CC1CCc2c(sc3ncn(CC(=O)c4ccc(OC(C)C)cc4)c(=O)c23)C1. The molecular weight excluding hydrogens is 372 g/mol. The van der Waals surface area contributed by atoms with Crippen LogP contribution in [-0.4, -0.2) is 21.4 Å². The summed E-state index contributed by atoms with van der Waals surface area (Å²) < 4.78 is 7.05. The van der Waals surface area contributed by atoms with Crippen molar-refractivity contribution in [2.24, 2.45) is 5.92 Å². The fraction of sp³-hybridized carbons (Fsp3) is 0.409. The number of benzene rings is 1. The predicted octanol–water partition coefficient (Wildman–Crippen LogP) is 4.25. The van der Waals surface area contributed by atoms with Gasteiger partial charge in [-0.2, -0.15) is 0 Å². The van der Waals surface area contributed by atoms with Gasteiger partial charge in [0, 0.05) is 10.4 Å². The van der Waals surface area contributed by atoms with E-state index in [0.29, 0.717) is 16.9 Å². The monoisotopic (exact) mass is 396 g/mol. The van der Waals surface area contributed by atoms with Crippen LogP contribution >= 0.6 is 11.3 Å². The van der Waals surface area contributed by atoms with E-state index in [0.717, 1.165) is 35.4 Å². The summed E-state index contributed by atoms with van der Waals surface area (Å²) in [6.07, 6.45) is 4.61. The lowest BCUT2D eigenvalue weighted by Gasteiger charge is -2.17. The summed E-state index contributed by atoms with van der Waals surface area (Å²) in [5.41, 5.74) is 1.60. The zero-order chi connectivity index (χ0) is 19.8. The third-order valence-corrected chi connectivity index (χ3v) is 6.31. The molecule has 146 valence electrons. The van der Waals surface area contributed by atoms with Crippen molar-refractivity contribution in [1.29, 1.82) is 0 Å². The minimum Gasteiger partial charge on any atom is -0.491 e. The van der Waals surface area contributed by atoms with E-state index in [-0.39, 0.29) is 24.0 Å². The number of fused-ring (bicyclic) bond motifs is 3. The van der Waals surface area contributed by atoms with Gasteiger partial charge in [0.15, 0.2) is 5.78 Å². The minimum absolute atomic E-state index is 0.00677. The molecule has 0 radical (unpaired) electrons.